The van der Waals surface area contributed by atoms with E-state index in [0.29, 0.717) is 23.2 Å². The van der Waals surface area contributed by atoms with Crippen LogP contribution in [0.5, 0.6) is 5.75 Å². The van der Waals surface area contributed by atoms with Crippen LogP contribution in [-0.4, -0.2) is 11.7 Å². The van der Waals surface area contributed by atoms with Gasteiger partial charge in [0, 0.05) is 18.2 Å². The van der Waals surface area contributed by atoms with Crippen molar-refractivity contribution in [2.24, 2.45) is 0 Å². The van der Waals surface area contributed by atoms with Crippen molar-refractivity contribution in [2.75, 3.05) is 11.9 Å². The van der Waals surface area contributed by atoms with E-state index in [4.69, 9.17) is 0 Å². The number of phenolic OH excluding ortho intramolecular Hbond substituents is 1. The van der Waals surface area contributed by atoms with Crippen molar-refractivity contribution in [2.45, 2.75) is 13.3 Å². The first-order valence-corrected chi connectivity index (χ1v) is 6.85. The van der Waals surface area contributed by atoms with Gasteiger partial charge in [-0.15, -0.1) is 0 Å². The first-order chi connectivity index (χ1) is 10.5. The molecule has 0 unspecified atom stereocenters. The Morgan fingerprint density at radius 3 is 2.59 bits per heavy atom. The lowest BCUT2D eigenvalue weighted by atomic mass is 9.91. The number of allylic oxidation sites excluding steroid dienone is 1. The molecule has 5 heteroatoms. The molecule has 0 fully saturated rings. The number of nitrogens with one attached hydrogen (secondary N) is 1. The van der Waals surface area contributed by atoms with Crippen molar-refractivity contribution >= 4 is 11.3 Å². The van der Waals surface area contributed by atoms with Gasteiger partial charge in [0.1, 0.15) is 23.2 Å². The Labute approximate surface area is 125 Å². The van der Waals surface area contributed by atoms with Crippen LogP contribution in [0.2, 0.25) is 0 Å². The molecule has 0 saturated carbocycles. The molecule has 3 rings (SSSR count). The summed E-state index contributed by atoms with van der Waals surface area (Å²) in [7, 11) is 0. The Balaban J connectivity index is 2.03. The number of rotatable bonds is 2. The summed E-state index contributed by atoms with van der Waals surface area (Å²) in [5.41, 5.74) is 2.52. The quantitative estimate of drug-likeness (QED) is 0.869. The highest BCUT2D eigenvalue weighted by Crippen LogP contribution is 2.39. The predicted octanol–water partition coefficient (Wildman–Crippen LogP) is 4.25. The zero-order chi connectivity index (χ0) is 15.9. The van der Waals surface area contributed by atoms with Crippen LogP contribution >= 0.6 is 0 Å². The van der Waals surface area contributed by atoms with Gasteiger partial charge in [-0.1, -0.05) is 6.07 Å². The highest BCUT2D eigenvalue weighted by Gasteiger charge is 2.22. The SMILES string of the molecule is CC1=C(Cc2ccc(F)cc2F)CNc2c(F)ccc(O)c21. The topological polar surface area (TPSA) is 32.3 Å². The van der Waals surface area contributed by atoms with Crippen LogP contribution in [-0.2, 0) is 6.42 Å². The highest BCUT2D eigenvalue weighted by atomic mass is 19.1. The number of phenols is 1. The Bertz CT molecular complexity index is 784. The lowest BCUT2D eigenvalue weighted by molar-refractivity contribution is 0.471. The number of aromatic hydroxyl groups is 1. The summed E-state index contributed by atoms with van der Waals surface area (Å²) in [4.78, 5) is 0. The van der Waals surface area contributed by atoms with Crippen LogP contribution in [0.3, 0.4) is 0 Å². The van der Waals surface area contributed by atoms with Crippen molar-refractivity contribution in [1.82, 2.24) is 0 Å². The van der Waals surface area contributed by atoms with Crippen molar-refractivity contribution < 1.29 is 18.3 Å². The van der Waals surface area contributed by atoms with Gasteiger partial charge in [0.05, 0.1) is 5.69 Å². The predicted molar refractivity (Wildman–Crippen MR) is 79.2 cm³/mol. The van der Waals surface area contributed by atoms with Crippen molar-refractivity contribution in [1.29, 1.82) is 0 Å². The van der Waals surface area contributed by atoms with Crippen molar-refractivity contribution in [3.05, 3.63) is 64.5 Å². The first-order valence-electron chi connectivity index (χ1n) is 6.85. The molecule has 0 bridgehead atoms. The smallest absolute Gasteiger partial charge is 0.147 e. The fourth-order valence-corrected chi connectivity index (χ4v) is 2.71. The maximum absolute atomic E-state index is 13.8. The minimum Gasteiger partial charge on any atom is -0.507 e. The first kappa shape index (κ1) is 14.5. The second-order valence-corrected chi connectivity index (χ2v) is 5.31. The lowest BCUT2D eigenvalue weighted by Gasteiger charge is -2.24. The maximum atomic E-state index is 13.8. The van der Waals surface area contributed by atoms with Crippen molar-refractivity contribution in [3.63, 3.8) is 0 Å². The summed E-state index contributed by atoms with van der Waals surface area (Å²) < 4.78 is 40.5. The summed E-state index contributed by atoms with van der Waals surface area (Å²) in [5.74, 6) is -1.72. The molecule has 1 aliphatic heterocycles. The largest absolute Gasteiger partial charge is 0.507 e. The van der Waals surface area contributed by atoms with E-state index >= 15 is 0 Å². The summed E-state index contributed by atoms with van der Waals surface area (Å²) in [6.45, 7) is 2.10. The Hall–Kier alpha value is -2.43. The number of fused-ring (bicyclic) bond motifs is 1. The molecule has 22 heavy (non-hydrogen) atoms. The average molecular weight is 305 g/mol. The zero-order valence-corrected chi connectivity index (χ0v) is 11.9. The molecular formula is C17H14F3NO. The monoisotopic (exact) mass is 305 g/mol. The number of anilines is 1. The third-order valence-electron chi connectivity index (χ3n) is 3.94. The van der Waals surface area contributed by atoms with Gasteiger partial charge in [-0.2, -0.15) is 0 Å². The fraction of sp³-hybridized carbons (Fsp3) is 0.176. The standard InChI is InChI=1S/C17H14F3NO/c1-9-11(6-10-2-3-12(18)7-14(10)20)8-21-17-13(19)4-5-15(22)16(9)17/h2-5,7,21-22H,6,8H2,1H3. The zero-order valence-electron chi connectivity index (χ0n) is 11.9. The van der Waals surface area contributed by atoms with E-state index in [9.17, 15) is 18.3 Å². The molecule has 1 aliphatic rings. The molecule has 0 aromatic heterocycles. The van der Waals surface area contributed by atoms with E-state index in [0.717, 1.165) is 11.6 Å². The van der Waals surface area contributed by atoms with Crippen LogP contribution in [0.1, 0.15) is 18.1 Å². The van der Waals surface area contributed by atoms with Gasteiger partial charge in [0.15, 0.2) is 0 Å². The average Bonchev–Trinajstić information content (AvgIpc) is 2.48. The molecule has 0 atom stereocenters. The maximum Gasteiger partial charge on any atom is 0.147 e. The molecule has 2 nitrogen and oxygen atoms in total. The summed E-state index contributed by atoms with van der Waals surface area (Å²) in [6.07, 6.45) is 0.264. The lowest BCUT2D eigenvalue weighted by Crippen LogP contribution is -2.16. The molecule has 0 spiro atoms. The molecule has 0 aliphatic carbocycles. The Kier molecular flexibility index (Phi) is 3.56. The van der Waals surface area contributed by atoms with Crippen LogP contribution in [0.25, 0.3) is 5.57 Å². The molecule has 2 N–H and O–H groups in total. The molecule has 0 amide bonds. The van der Waals surface area contributed by atoms with E-state index < -0.39 is 17.5 Å². The van der Waals surface area contributed by atoms with Crippen LogP contribution in [0.4, 0.5) is 18.9 Å². The third-order valence-corrected chi connectivity index (χ3v) is 3.94. The Morgan fingerprint density at radius 1 is 1.09 bits per heavy atom. The minimum absolute atomic E-state index is 0.0295. The van der Waals surface area contributed by atoms with Crippen molar-refractivity contribution in [3.8, 4) is 5.75 Å². The Morgan fingerprint density at radius 2 is 1.86 bits per heavy atom. The summed E-state index contributed by atoms with van der Waals surface area (Å²) >= 11 is 0. The number of halogens is 3. The second-order valence-electron chi connectivity index (χ2n) is 5.31. The second kappa shape index (κ2) is 5.40. The van der Waals surface area contributed by atoms with E-state index in [1.54, 1.807) is 6.92 Å². The number of hydrogen-bond acceptors (Lipinski definition) is 2. The minimum atomic E-state index is -0.626. The molecule has 0 radical (unpaired) electrons. The van der Waals surface area contributed by atoms with Gasteiger partial charge in [0.2, 0.25) is 0 Å². The van der Waals surface area contributed by atoms with E-state index in [1.165, 1.54) is 24.3 Å². The summed E-state index contributed by atoms with van der Waals surface area (Å²) in [6, 6.07) is 5.92. The highest BCUT2D eigenvalue weighted by molar-refractivity contribution is 5.84. The van der Waals surface area contributed by atoms with Gasteiger partial charge in [0.25, 0.3) is 0 Å². The fourth-order valence-electron chi connectivity index (χ4n) is 2.71. The molecule has 0 saturated heterocycles. The van der Waals surface area contributed by atoms with E-state index in [2.05, 4.69) is 5.32 Å². The normalized spacial score (nSPS) is 13.8. The van der Waals surface area contributed by atoms with Gasteiger partial charge in [-0.3, -0.25) is 0 Å². The number of benzene rings is 2. The summed E-state index contributed by atoms with van der Waals surface area (Å²) in [5, 5.41) is 12.9. The van der Waals surface area contributed by atoms with Gasteiger partial charge in [-0.05, 0) is 48.3 Å². The molecule has 114 valence electrons. The van der Waals surface area contributed by atoms with Gasteiger partial charge in [-0.25, -0.2) is 13.2 Å². The van der Waals surface area contributed by atoms with Gasteiger partial charge < -0.3 is 10.4 Å². The third kappa shape index (κ3) is 2.43. The molecule has 2 aromatic carbocycles. The van der Waals surface area contributed by atoms with Crippen LogP contribution in [0.15, 0.2) is 35.9 Å². The van der Waals surface area contributed by atoms with Gasteiger partial charge >= 0.3 is 0 Å². The molecule has 1 heterocycles. The van der Waals surface area contributed by atoms with E-state index in [-0.39, 0.29) is 17.9 Å². The molecular weight excluding hydrogens is 291 g/mol. The van der Waals surface area contributed by atoms with Crippen LogP contribution in [0, 0.1) is 17.5 Å². The number of hydrogen-bond donors (Lipinski definition) is 2. The van der Waals surface area contributed by atoms with E-state index in [1.807, 2.05) is 0 Å². The van der Waals surface area contributed by atoms with Crippen LogP contribution < -0.4 is 5.32 Å². The molecule has 2 aromatic rings.